The van der Waals surface area contributed by atoms with E-state index in [1.54, 1.807) is 35.2 Å². The predicted octanol–water partition coefficient (Wildman–Crippen LogP) is 6.04. The van der Waals surface area contributed by atoms with E-state index in [0.29, 0.717) is 27.5 Å². The Labute approximate surface area is 198 Å². The maximum absolute atomic E-state index is 13.9. The number of aliphatic imine (C=N–C) groups is 1. The molecule has 0 aromatic heterocycles. The van der Waals surface area contributed by atoms with Gasteiger partial charge in [-0.25, -0.2) is 9.38 Å². The fraction of sp³-hybridized carbons (Fsp3) is 0.348. The molecule has 174 valence electrons. The van der Waals surface area contributed by atoms with E-state index in [1.165, 1.54) is 30.0 Å². The molecule has 2 aliphatic rings. The number of hydrogen-bond donors (Lipinski definition) is 1. The van der Waals surface area contributed by atoms with Crippen LogP contribution in [-0.4, -0.2) is 38.9 Å². The summed E-state index contributed by atoms with van der Waals surface area (Å²) in [4.78, 5) is 32.4. The first-order valence-corrected chi connectivity index (χ1v) is 12.3. The molecule has 2 fully saturated rings. The molecule has 0 radical (unpaired) electrons. The third-order valence-corrected chi connectivity index (χ3v) is 7.34. The van der Waals surface area contributed by atoms with Gasteiger partial charge in [0, 0.05) is 17.4 Å². The van der Waals surface area contributed by atoms with Crippen LogP contribution in [0.25, 0.3) is 0 Å². The molecule has 0 bridgehead atoms. The third-order valence-electron chi connectivity index (χ3n) is 5.46. The lowest BCUT2D eigenvalue weighted by molar-refractivity contribution is -0.129. The number of rotatable bonds is 7. The molecule has 2 aromatic carbocycles. The Morgan fingerprint density at radius 2 is 1.85 bits per heavy atom. The van der Waals surface area contributed by atoms with Crippen molar-refractivity contribution in [3.8, 4) is 0 Å². The molecule has 0 spiro atoms. The molecule has 2 amide bonds. The molecule has 1 atom stereocenters. The number of halogens is 3. The molecular weight excluding hydrogens is 471 g/mol. The van der Waals surface area contributed by atoms with Crippen molar-refractivity contribution < 1.29 is 22.8 Å². The Morgan fingerprint density at radius 3 is 2.52 bits per heavy atom. The number of benzene rings is 2. The first-order chi connectivity index (χ1) is 15.9. The average molecular weight is 494 g/mol. The normalized spacial score (nSPS) is 20.2. The summed E-state index contributed by atoms with van der Waals surface area (Å²) in [6, 6.07) is 12.3. The van der Waals surface area contributed by atoms with Crippen molar-refractivity contribution in [1.82, 2.24) is 4.90 Å². The summed E-state index contributed by atoms with van der Waals surface area (Å²) in [7, 11) is 0. The molecule has 1 N–H and O–H groups in total. The zero-order valence-electron chi connectivity index (χ0n) is 17.5. The largest absolute Gasteiger partial charge is 0.324 e. The topological polar surface area (TPSA) is 61.8 Å². The second-order valence-electron chi connectivity index (χ2n) is 7.75. The van der Waals surface area contributed by atoms with E-state index in [0.717, 1.165) is 25.7 Å². The van der Waals surface area contributed by atoms with Gasteiger partial charge in [0.05, 0.1) is 11.4 Å². The van der Waals surface area contributed by atoms with Crippen LogP contribution in [-0.2, 0) is 9.59 Å². The van der Waals surface area contributed by atoms with Crippen molar-refractivity contribution in [2.75, 3.05) is 5.32 Å². The molecule has 1 saturated carbocycles. The van der Waals surface area contributed by atoms with Gasteiger partial charge in [-0.15, -0.1) is 0 Å². The number of alkyl halides is 2. The molecule has 1 aliphatic heterocycles. The van der Waals surface area contributed by atoms with E-state index < -0.39 is 22.7 Å². The van der Waals surface area contributed by atoms with Gasteiger partial charge in [-0.05, 0) is 49.2 Å². The Bertz CT molecular complexity index is 1040. The third kappa shape index (κ3) is 5.92. The minimum atomic E-state index is -2.50. The Hall–Kier alpha value is -2.46. The number of carbonyl (C=O) groups excluding carboxylic acids is 2. The Morgan fingerprint density at radius 1 is 1.15 bits per heavy atom. The van der Waals surface area contributed by atoms with Gasteiger partial charge in [-0.3, -0.25) is 14.5 Å². The number of para-hydroxylation sites is 1. The molecule has 2 aromatic rings. The lowest BCUT2D eigenvalue weighted by Gasteiger charge is -2.23. The minimum absolute atomic E-state index is 0.0250. The number of nitrogens with one attached hydrogen (secondary N) is 1. The number of amides is 2. The second kappa shape index (κ2) is 10.6. The van der Waals surface area contributed by atoms with Gasteiger partial charge in [0.2, 0.25) is 11.8 Å². The molecule has 5 nitrogen and oxygen atoms in total. The van der Waals surface area contributed by atoms with Crippen molar-refractivity contribution in [3.63, 3.8) is 0 Å². The molecule has 10 heteroatoms. The standard InChI is InChI=1S/C23H22F3N3O2S2/c24-17-7-3-4-8-18(17)28-20(30)13-19-21(31)29(15-5-1-2-6-15)23(33-19)27-14-9-11-16(12-10-14)32-22(25)26/h3-4,7-12,15,19,22H,1-2,5-6,13H2,(H,28,30). The summed E-state index contributed by atoms with van der Waals surface area (Å²) in [5, 5.41) is 2.37. The fourth-order valence-corrected chi connectivity index (χ4v) is 5.65. The molecule has 33 heavy (non-hydrogen) atoms. The smallest absolute Gasteiger partial charge is 0.288 e. The van der Waals surface area contributed by atoms with Crippen LogP contribution in [0.3, 0.4) is 0 Å². The van der Waals surface area contributed by atoms with Crippen LogP contribution in [0.5, 0.6) is 0 Å². The number of nitrogens with zero attached hydrogens (tertiary/aromatic N) is 2. The van der Waals surface area contributed by atoms with E-state index in [9.17, 15) is 22.8 Å². The van der Waals surface area contributed by atoms with Crippen LogP contribution in [0, 0.1) is 5.82 Å². The average Bonchev–Trinajstić information content (AvgIpc) is 3.39. The maximum Gasteiger partial charge on any atom is 0.288 e. The molecule has 1 heterocycles. The van der Waals surface area contributed by atoms with Gasteiger partial charge >= 0.3 is 0 Å². The lowest BCUT2D eigenvalue weighted by Crippen LogP contribution is -2.40. The van der Waals surface area contributed by atoms with E-state index in [2.05, 4.69) is 10.3 Å². The van der Waals surface area contributed by atoms with Gasteiger partial charge in [0.1, 0.15) is 11.1 Å². The number of anilines is 1. The van der Waals surface area contributed by atoms with E-state index in [4.69, 9.17) is 0 Å². The number of carbonyl (C=O) groups is 2. The van der Waals surface area contributed by atoms with E-state index >= 15 is 0 Å². The number of hydrogen-bond acceptors (Lipinski definition) is 5. The highest BCUT2D eigenvalue weighted by molar-refractivity contribution is 8.15. The van der Waals surface area contributed by atoms with Crippen LogP contribution < -0.4 is 5.32 Å². The molecular formula is C23H22F3N3O2S2. The van der Waals surface area contributed by atoms with Gasteiger partial charge in [0.25, 0.3) is 5.76 Å². The first-order valence-electron chi connectivity index (χ1n) is 10.6. The highest BCUT2D eigenvalue weighted by atomic mass is 32.2. The molecule has 4 rings (SSSR count). The lowest BCUT2D eigenvalue weighted by atomic mass is 10.2. The summed E-state index contributed by atoms with van der Waals surface area (Å²) in [5.41, 5.74) is 0.615. The highest BCUT2D eigenvalue weighted by Gasteiger charge is 2.43. The van der Waals surface area contributed by atoms with Crippen molar-refractivity contribution in [2.45, 2.75) is 54.0 Å². The van der Waals surface area contributed by atoms with Crippen LogP contribution in [0.15, 0.2) is 58.4 Å². The van der Waals surface area contributed by atoms with Gasteiger partial charge < -0.3 is 5.32 Å². The van der Waals surface area contributed by atoms with Gasteiger partial charge in [0.15, 0.2) is 5.17 Å². The first kappa shape index (κ1) is 23.7. The molecule has 1 unspecified atom stereocenters. The monoisotopic (exact) mass is 493 g/mol. The summed E-state index contributed by atoms with van der Waals surface area (Å²) in [6.07, 6.45) is 3.66. The van der Waals surface area contributed by atoms with Crippen molar-refractivity contribution in [2.24, 2.45) is 4.99 Å². The number of amidine groups is 1. The summed E-state index contributed by atoms with van der Waals surface area (Å²) in [5.74, 6) is -3.68. The van der Waals surface area contributed by atoms with Gasteiger partial charge in [-0.2, -0.15) is 8.78 Å². The fourth-order valence-electron chi connectivity index (χ4n) is 3.94. The molecule has 1 saturated heterocycles. The maximum atomic E-state index is 13.9. The summed E-state index contributed by atoms with van der Waals surface area (Å²) in [6.45, 7) is 0. The summed E-state index contributed by atoms with van der Waals surface area (Å²) >= 11 is 1.67. The van der Waals surface area contributed by atoms with Crippen LogP contribution in [0.1, 0.15) is 32.1 Å². The highest BCUT2D eigenvalue weighted by Crippen LogP contribution is 2.37. The quantitative estimate of drug-likeness (QED) is 0.478. The Kier molecular flexibility index (Phi) is 7.64. The van der Waals surface area contributed by atoms with Gasteiger partial charge in [-0.1, -0.05) is 48.5 Å². The van der Waals surface area contributed by atoms with E-state index in [1.807, 2.05) is 0 Å². The Balaban J connectivity index is 1.51. The van der Waals surface area contributed by atoms with Crippen molar-refractivity contribution in [1.29, 1.82) is 0 Å². The van der Waals surface area contributed by atoms with E-state index in [-0.39, 0.29) is 24.1 Å². The van der Waals surface area contributed by atoms with Crippen LogP contribution in [0.4, 0.5) is 24.5 Å². The van der Waals surface area contributed by atoms with Crippen molar-refractivity contribution in [3.05, 3.63) is 54.3 Å². The zero-order chi connectivity index (χ0) is 23.4. The van der Waals surface area contributed by atoms with Crippen LogP contribution in [0.2, 0.25) is 0 Å². The molecule has 1 aliphatic carbocycles. The summed E-state index contributed by atoms with van der Waals surface area (Å²) < 4.78 is 39.0. The SMILES string of the molecule is O=C(CC1SC(=Nc2ccc(SC(F)F)cc2)N(C2CCCC2)C1=O)Nc1ccccc1F. The number of thioether (sulfide) groups is 2. The zero-order valence-corrected chi connectivity index (χ0v) is 19.2. The predicted molar refractivity (Wildman–Crippen MR) is 126 cm³/mol. The van der Waals surface area contributed by atoms with Crippen molar-refractivity contribution >= 4 is 51.9 Å². The second-order valence-corrected chi connectivity index (χ2v) is 9.99. The minimum Gasteiger partial charge on any atom is -0.324 e. The van der Waals surface area contributed by atoms with Crippen LogP contribution >= 0.6 is 23.5 Å².